The zero-order valence-electron chi connectivity index (χ0n) is 16.7. The monoisotopic (exact) mass is 364 g/mol. The molecule has 3 rings (SSSR count). The number of hydrogen-bond acceptors (Lipinski definition) is 3. The molecule has 3 heteroatoms. The number of nitrogens with zero attached hydrogens (tertiary/aromatic N) is 2. The molecule has 2 aromatic carbocycles. The van der Waals surface area contributed by atoms with Crippen molar-refractivity contribution < 1.29 is 4.74 Å². The van der Waals surface area contributed by atoms with Crippen molar-refractivity contribution in [1.29, 1.82) is 0 Å². The number of methoxy groups -OCH3 is 1. The Kier molecular flexibility index (Phi) is 7.08. The number of rotatable bonds is 8. The van der Waals surface area contributed by atoms with Gasteiger partial charge in [-0.05, 0) is 43.0 Å². The van der Waals surface area contributed by atoms with Crippen LogP contribution < -0.4 is 4.74 Å². The van der Waals surface area contributed by atoms with Crippen molar-refractivity contribution in [3.8, 4) is 5.75 Å². The van der Waals surface area contributed by atoms with Gasteiger partial charge in [0.05, 0.1) is 7.11 Å². The van der Waals surface area contributed by atoms with Gasteiger partial charge in [0.2, 0.25) is 0 Å². The van der Waals surface area contributed by atoms with E-state index in [0.717, 1.165) is 51.3 Å². The third kappa shape index (κ3) is 5.69. The average molecular weight is 365 g/mol. The Morgan fingerprint density at radius 2 is 1.78 bits per heavy atom. The Hall–Kier alpha value is -2.10. The molecule has 0 N–H and O–H groups in total. The van der Waals surface area contributed by atoms with Crippen LogP contribution in [0.2, 0.25) is 0 Å². The lowest BCUT2D eigenvalue weighted by Gasteiger charge is -2.39. The second kappa shape index (κ2) is 9.72. The van der Waals surface area contributed by atoms with Crippen LogP contribution in [0.3, 0.4) is 0 Å². The van der Waals surface area contributed by atoms with Gasteiger partial charge < -0.3 is 9.64 Å². The van der Waals surface area contributed by atoms with Crippen LogP contribution >= 0.6 is 0 Å². The predicted molar refractivity (Wildman–Crippen MR) is 113 cm³/mol. The molecule has 27 heavy (non-hydrogen) atoms. The second-order valence-corrected chi connectivity index (χ2v) is 7.57. The van der Waals surface area contributed by atoms with E-state index >= 15 is 0 Å². The van der Waals surface area contributed by atoms with E-state index in [1.807, 2.05) is 6.07 Å². The Morgan fingerprint density at radius 1 is 1.04 bits per heavy atom. The highest BCUT2D eigenvalue weighted by Crippen LogP contribution is 2.27. The summed E-state index contributed by atoms with van der Waals surface area (Å²) < 4.78 is 5.42. The molecule has 0 saturated carbocycles. The molecule has 3 nitrogen and oxygen atoms in total. The van der Waals surface area contributed by atoms with Gasteiger partial charge in [0.1, 0.15) is 5.75 Å². The molecular weight excluding hydrogens is 332 g/mol. The lowest BCUT2D eigenvalue weighted by atomic mass is 9.96. The molecule has 0 amide bonds. The summed E-state index contributed by atoms with van der Waals surface area (Å²) in [5.41, 5.74) is 4.00. The largest absolute Gasteiger partial charge is 0.497 e. The summed E-state index contributed by atoms with van der Waals surface area (Å²) in [4.78, 5) is 5.21. The van der Waals surface area contributed by atoms with Crippen LogP contribution in [0.15, 0.2) is 66.7 Å². The minimum Gasteiger partial charge on any atom is -0.497 e. The summed E-state index contributed by atoms with van der Waals surface area (Å²) in [5.74, 6) is 0.934. The maximum Gasteiger partial charge on any atom is 0.119 e. The van der Waals surface area contributed by atoms with E-state index in [1.54, 1.807) is 7.11 Å². The van der Waals surface area contributed by atoms with Crippen molar-refractivity contribution in [3.05, 3.63) is 77.9 Å². The molecule has 0 radical (unpaired) electrons. The summed E-state index contributed by atoms with van der Waals surface area (Å²) in [5, 5.41) is 0. The molecule has 0 spiro atoms. The van der Waals surface area contributed by atoms with E-state index in [1.165, 1.54) is 16.7 Å². The molecule has 0 bridgehead atoms. The lowest BCUT2D eigenvalue weighted by Crippen LogP contribution is -2.48. The first-order valence-electron chi connectivity index (χ1n) is 9.94. The lowest BCUT2D eigenvalue weighted by molar-refractivity contribution is 0.0961. The van der Waals surface area contributed by atoms with Gasteiger partial charge in [-0.1, -0.05) is 48.0 Å². The van der Waals surface area contributed by atoms with Gasteiger partial charge in [-0.2, -0.15) is 0 Å². The van der Waals surface area contributed by atoms with E-state index in [2.05, 4.69) is 71.8 Å². The molecule has 1 fully saturated rings. The standard InChI is InChI=1S/C24H32N2O/c1-20(2)12-13-25-14-16-26(17-15-25)24(22-9-5-4-6-10-22)19-21-8-7-11-23(18-21)27-3/h4-11,18,24H,1,12-17,19H2,2-3H3. The fourth-order valence-corrected chi connectivity index (χ4v) is 3.80. The zero-order valence-corrected chi connectivity index (χ0v) is 16.7. The van der Waals surface area contributed by atoms with Gasteiger partial charge in [-0.25, -0.2) is 0 Å². The van der Waals surface area contributed by atoms with Gasteiger partial charge in [-0.15, -0.1) is 6.58 Å². The summed E-state index contributed by atoms with van der Waals surface area (Å²) in [6.07, 6.45) is 2.11. The van der Waals surface area contributed by atoms with Crippen molar-refractivity contribution in [2.45, 2.75) is 25.8 Å². The molecule has 0 aromatic heterocycles. The maximum atomic E-state index is 5.42. The van der Waals surface area contributed by atoms with Crippen LogP contribution in [0.4, 0.5) is 0 Å². The molecular formula is C24H32N2O. The smallest absolute Gasteiger partial charge is 0.119 e. The molecule has 1 atom stereocenters. The first-order valence-corrected chi connectivity index (χ1v) is 9.94. The SMILES string of the molecule is C=C(C)CCN1CCN(C(Cc2cccc(OC)c2)c2ccccc2)CC1. The van der Waals surface area contributed by atoms with Crippen molar-refractivity contribution in [2.24, 2.45) is 0 Å². The quantitative estimate of drug-likeness (QED) is 0.639. The number of piperazine rings is 1. The van der Waals surface area contributed by atoms with Crippen LogP contribution in [0.1, 0.15) is 30.5 Å². The molecule has 1 heterocycles. The fourth-order valence-electron chi connectivity index (χ4n) is 3.80. The fraction of sp³-hybridized carbons (Fsp3) is 0.417. The van der Waals surface area contributed by atoms with E-state index < -0.39 is 0 Å². The first kappa shape index (κ1) is 19.7. The number of ether oxygens (including phenoxy) is 1. The van der Waals surface area contributed by atoms with Gasteiger partial charge in [-0.3, -0.25) is 4.90 Å². The molecule has 2 aromatic rings. The first-order chi connectivity index (χ1) is 13.2. The van der Waals surface area contributed by atoms with Crippen molar-refractivity contribution in [3.63, 3.8) is 0 Å². The number of benzene rings is 2. The van der Waals surface area contributed by atoms with E-state index in [-0.39, 0.29) is 0 Å². The summed E-state index contributed by atoms with van der Waals surface area (Å²) in [7, 11) is 1.73. The molecule has 1 saturated heterocycles. The molecule has 1 unspecified atom stereocenters. The topological polar surface area (TPSA) is 15.7 Å². The summed E-state index contributed by atoms with van der Waals surface area (Å²) in [6.45, 7) is 11.8. The minimum absolute atomic E-state index is 0.404. The zero-order chi connectivity index (χ0) is 19.1. The highest BCUT2D eigenvalue weighted by atomic mass is 16.5. The van der Waals surface area contributed by atoms with Crippen molar-refractivity contribution in [2.75, 3.05) is 39.8 Å². The normalized spacial score (nSPS) is 16.8. The average Bonchev–Trinajstić information content (AvgIpc) is 2.72. The maximum absolute atomic E-state index is 5.42. The second-order valence-electron chi connectivity index (χ2n) is 7.57. The van der Waals surface area contributed by atoms with Crippen molar-refractivity contribution >= 4 is 0 Å². The van der Waals surface area contributed by atoms with Crippen LogP contribution in [-0.4, -0.2) is 49.6 Å². The third-order valence-corrected chi connectivity index (χ3v) is 5.45. The van der Waals surface area contributed by atoms with Crippen molar-refractivity contribution in [1.82, 2.24) is 9.80 Å². The van der Waals surface area contributed by atoms with Gasteiger partial charge in [0.15, 0.2) is 0 Å². The Morgan fingerprint density at radius 3 is 2.44 bits per heavy atom. The van der Waals surface area contributed by atoms with Gasteiger partial charge in [0.25, 0.3) is 0 Å². The van der Waals surface area contributed by atoms with Crippen LogP contribution in [0.5, 0.6) is 5.75 Å². The summed E-state index contributed by atoms with van der Waals surface area (Å²) >= 11 is 0. The highest BCUT2D eigenvalue weighted by Gasteiger charge is 2.25. The molecule has 0 aliphatic carbocycles. The van der Waals surface area contributed by atoms with E-state index in [9.17, 15) is 0 Å². The number of hydrogen-bond donors (Lipinski definition) is 0. The Labute approximate surface area is 164 Å². The molecule has 1 aliphatic rings. The van der Waals surface area contributed by atoms with E-state index in [4.69, 9.17) is 4.74 Å². The molecule has 1 aliphatic heterocycles. The highest BCUT2D eigenvalue weighted by molar-refractivity contribution is 5.31. The van der Waals surface area contributed by atoms with Crippen LogP contribution in [0.25, 0.3) is 0 Å². The summed E-state index contributed by atoms with van der Waals surface area (Å²) in [6, 6.07) is 19.8. The van der Waals surface area contributed by atoms with Crippen LogP contribution in [0, 0.1) is 0 Å². The Bertz CT molecular complexity index is 720. The van der Waals surface area contributed by atoms with Gasteiger partial charge in [0, 0.05) is 38.8 Å². The third-order valence-electron chi connectivity index (χ3n) is 5.45. The van der Waals surface area contributed by atoms with E-state index in [0.29, 0.717) is 6.04 Å². The predicted octanol–water partition coefficient (Wildman–Crippen LogP) is 4.56. The minimum atomic E-state index is 0.404. The van der Waals surface area contributed by atoms with Gasteiger partial charge >= 0.3 is 0 Å². The Balaban J connectivity index is 1.70. The molecule has 144 valence electrons. The van der Waals surface area contributed by atoms with Crippen LogP contribution in [-0.2, 0) is 6.42 Å².